The Labute approximate surface area is 119 Å². The van der Waals surface area contributed by atoms with E-state index < -0.39 is 17.9 Å². The minimum Gasteiger partial charge on any atom is -0.480 e. The third-order valence-electron chi connectivity index (χ3n) is 2.85. The Hall–Kier alpha value is -2.15. The maximum absolute atomic E-state index is 11.9. The molecule has 0 saturated heterocycles. The molecule has 0 bridgehead atoms. The van der Waals surface area contributed by atoms with E-state index >= 15 is 0 Å². The second kappa shape index (κ2) is 5.87. The van der Waals surface area contributed by atoms with E-state index in [-0.39, 0.29) is 0 Å². The molecule has 1 atom stereocenters. The van der Waals surface area contributed by atoms with Crippen LogP contribution in [-0.2, 0) is 4.79 Å². The van der Waals surface area contributed by atoms with E-state index in [2.05, 4.69) is 15.3 Å². The number of nitrogens with zero attached hydrogens (tertiary/aromatic N) is 1. The average molecular weight is 293 g/mol. The van der Waals surface area contributed by atoms with E-state index in [9.17, 15) is 9.59 Å². The zero-order valence-electron chi connectivity index (χ0n) is 11.1. The number of carbonyl (C=O) groups excluding carboxylic acids is 1. The molecule has 2 aromatic rings. The molecule has 6 nitrogen and oxygen atoms in total. The van der Waals surface area contributed by atoms with Gasteiger partial charge in [-0.2, -0.15) is 0 Å². The fourth-order valence-corrected chi connectivity index (χ4v) is 2.37. The van der Waals surface area contributed by atoms with Gasteiger partial charge in [0.2, 0.25) is 0 Å². The smallest absolute Gasteiger partial charge is 0.326 e. The molecule has 2 heterocycles. The van der Waals surface area contributed by atoms with Gasteiger partial charge in [-0.1, -0.05) is 6.92 Å². The van der Waals surface area contributed by atoms with Crippen molar-refractivity contribution in [3.8, 4) is 11.3 Å². The van der Waals surface area contributed by atoms with Crippen LogP contribution in [0.4, 0.5) is 0 Å². The Kier molecular flexibility index (Phi) is 4.19. The molecule has 0 aromatic carbocycles. The van der Waals surface area contributed by atoms with Gasteiger partial charge >= 0.3 is 5.97 Å². The highest BCUT2D eigenvalue weighted by atomic mass is 32.1. The van der Waals surface area contributed by atoms with Crippen molar-refractivity contribution >= 4 is 23.2 Å². The van der Waals surface area contributed by atoms with Crippen molar-refractivity contribution in [3.05, 3.63) is 28.3 Å². The third kappa shape index (κ3) is 3.05. The molecule has 0 aliphatic heterocycles. The predicted octanol–water partition coefficient (Wildman–Crippen LogP) is 2.04. The van der Waals surface area contributed by atoms with Crippen molar-refractivity contribution in [1.29, 1.82) is 0 Å². The molecule has 2 rings (SSSR count). The zero-order valence-corrected chi connectivity index (χ0v) is 12.0. The number of aromatic amines is 1. The molecule has 2 aromatic heterocycles. The Morgan fingerprint density at radius 2 is 2.30 bits per heavy atom. The maximum atomic E-state index is 11.9. The highest BCUT2D eigenvalue weighted by Gasteiger charge is 2.19. The van der Waals surface area contributed by atoms with Crippen LogP contribution >= 0.6 is 11.3 Å². The van der Waals surface area contributed by atoms with Gasteiger partial charge in [-0.3, -0.25) is 4.79 Å². The summed E-state index contributed by atoms with van der Waals surface area (Å²) in [6, 6.07) is 0.786. The van der Waals surface area contributed by atoms with Crippen LogP contribution in [0.1, 0.15) is 28.8 Å². The number of aliphatic carboxylic acids is 1. The number of carboxylic acids is 1. The number of amides is 1. The molecule has 0 radical (unpaired) electrons. The fourth-order valence-electron chi connectivity index (χ4n) is 1.74. The van der Waals surface area contributed by atoms with Crippen LogP contribution < -0.4 is 5.32 Å². The normalized spacial score (nSPS) is 12.1. The van der Waals surface area contributed by atoms with Gasteiger partial charge in [-0.25, -0.2) is 9.78 Å². The highest BCUT2D eigenvalue weighted by molar-refractivity contribution is 7.09. The topological polar surface area (TPSA) is 95.1 Å². The van der Waals surface area contributed by atoms with E-state index in [1.807, 2.05) is 12.3 Å². The first-order chi connectivity index (χ1) is 9.51. The Bertz CT molecular complexity index is 632. The zero-order chi connectivity index (χ0) is 14.7. The monoisotopic (exact) mass is 293 g/mol. The van der Waals surface area contributed by atoms with E-state index in [1.54, 1.807) is 19.2 Å². The van der Waals surface area contributed by atoms with E-state index in [4.69, 9.17) is 5.11 Å². The van der Waals surface area contributed by atoms with Crippen molar-refractivity contribution in [2.45, 2.75) is 26.3 Å². The van der Waals surface area contributed by atoms with Crippen LogP contribution in [0.2, 0.25) is 0 Å². The molecule has 0 spiro atoms. The summed E-state index contributed by atoms with van der Waals surface area (Å²) in [4.78, 5) is 30.0. The molecular formula is C13H15N3O3S. The lowest BCUT2D eigenvalue weighted by Gasteiger charge is -2.10. The number of thiazole rings is 1. The summed E-state index contributed by atoms with van der Waals surface area (Å²) < 4.78 is 0. The third-order valence-corrected chi connectivity index (χ3v) is 3.63. The molecule has 1 amide bonds. The number of H-pyrrole nitrogens is 1. The van der Waals surface area contributed by atoms with E-state index in [1.165, 1.54) is 11.3 Å². The van der Waals surface area contributed by atoms with Gasteiger partial charge in [-0.05, 0) is 19.4 Å². The first-order valence-electron chi connectivity index (χ1n) is 6.15. The number of carboxylic acid groups (broad SMARTS) is 1. The number of rotatable bonds is 5. The van der Waals surface area contributed by atoms with Gasteiger partial charge in [0, 0.05) is 17.1 Å². The van der Waals surface area contributed by atoms with Crippen molar-refractivity contribution in [2.24, 2.45) is 0 Å². The summed E-state index contributed by atoms with van der Waals surface area (Å²) in [6.45, 7) is 3.62. The number of hydrogen-bond acceptors (Lipinski definition) is 4. The average Bonchev–Trinajstić information content (AvgIpc) is 3.03. The number of hydrogen-bond donors (Lipinski definition) is 3. The van der Waals surface area contributed by atoms with Crippen LogP contribution in [0.25, 0.3) is 11.3 Å². The fraction of sp³-hybridized carbons (Fsp3) is 0.308. The van der Waals surface area contributed by atoms with Gasteiger partial charge in [-0.15, -0.1) is 11.3 Å². The summed E-state index contributed by atoms with van der Waals surface area (Å²) in [6.07, 6.45) is 2.02. The Morgan fingerprint density at radius 3 is 2.85 bits per heavy atom. The van der Waals surface area contributed by atoms with Crippen LogP contribution in [-0.4, -0.2) is 33.0 Å². The van der Waals surface area contributed by atoms with Gasteiger partial charge in [0.05, 0.1) is 10.7 Å². The van der Waals surface area contributed by atoms with Gasteiger partial charge in [0.1, 0.15) is 11.7 Å². The van der Waals surface area contributed by atoms with Crippen molar-refractivity contribution < 1.29 is 14.7 Å². The quantitative estimate of drug-likeness (QED) is 0.786. The maximum Gasteiger partial charge on any atom is 0.326 e. The van der Waals surface area contributed by atoms with Crippen molar-refractivity contribution in [3.63, 3.8) is 0 Å². The largest absolute Gasteiger partial charge is 0.480 e. The van der Waals surface area contributed by atoms with Gasteiger partial charge < -0.3 is 15.4 Å². The number of aromatic nitrogens is 2. The van der Waals surface area contributed by atoms with Crippen LogP contribution in [0, 0.1) is 6.92 Å². The summed E-state index contributed by atoms with van der Waals surface area (Å²) in [5.41, 5.74) is 1.93. The summed E-state index contributed by atoms with van der Waals surface area (Å²) >= 11 is 1.53. The second-order valence-corrected chi connectivity index (χ2v) is 5.39. The molecule has 0 fully saturated rings. The van der Waals surface area contributed by atoms with Gasteiger partial charge in [0.15, 0.2) is 0 Å². The first-order valence-corrected chi connectivity index (χ1v) is 7.03. The van der Waals surface area contributed by atoms with Crippen LogP contribution in [0.3, 0.4) is 0 Å². The van der Waals surface area contributed by atoms with Crippen LogP contribution in [0.5, 0.6) is 0 Å². The molecule has 0 aliphatic rings. The highest BCUT2D eigenvalue weighted by Crippen LogP contribution is 2.22. The predicted molar refractivity (Wildman–Crippen MR) is 75.8 cm³/mol. The molecule has 1 unspecified atom stereocenters. The lowest BCUT2D eigenvalue weighted by Crippen LogP contribution is -2.40. The van der Waals surface area contributed by atoms with Crippen molar-refractivity contribution in [2.75, 3.05) is 0 Å². The second-order valence-electron chi connectivity index (χ2n) is 4.33. The molecule has 106 valence electrons. The summed E-state index contributed by atoms with van der Waals surface area (Å²) in [5.74, 6) is -1.47. The Balaban J connectivity index is 2.12. The van der Waals surface area contributed by atoms with E-state index in [0.29, 0.717) is 12.1 Å². The van der Waals surface area contributed by atoms with Crippen molar-refractivity contribution in [1.82, 2.24) is 15.3 Å². The minimum atomic E-state index is -1.04. The van der Waals surface area contributed by atoms with Gasteiger partial charge in [0.25, 0.3) is 5.91 Å². The summed E-state index contributed by atoms with van der Waals surface area (Å²) in [7, 11) is 0. The molecular weight excluding hydrogens is 278 g/mol. The molecule has 20 heavy (non-hydrogen) atoms. The lowest BCUT2D eigenvalue weighted by atomic mass is 10.2. The molecule has 7 heteroatoms. The lowest BCUT2D eigenvalue weighted by molar-refractivity contribution is -0.139. The van der Waals surface area contributed by atoms with E-state index in [0.717, 1.165) is 16.3 Å². The standard InChI is InChI=1S/C13H15N3O3S/c1-3-9(13(18)19)16-12(17)10-4-8(5-14-10)11-6-20-7(2)15-11/h4-6,9,14H,3H2,1-2H3,(H,16,17)(H,18,19). The molecule has 0 aliphatic carbocycles. The first kappa shape index (κ1) is 14.3. The molecule has 3 N–H and O–H groups in total. The minimum absolute atomic E-state index is 0.324. The number of aryl methyl sites for hydroxylation is 1. The molecule has 0 saturated carbocycles. The SMILES string of the molecule is CCC(NC(=O)c1cc(-c2csc(C)n2)c[nH]1)C(=O)O. The number of nitrogens with one attached hydrogen (secondary N) is 2. The van der Waals surface area contributed by atoms with Crippen LogP contribution in [0.15, 0.2) is 17.6 Å². The number of carbonyl (C=O) groups is 2. The Morgan fingerprint density at radius 1 is 1.55 bits per heavy atom. The summed E-state index contributed by atoms with van der Waals surface area (Å²) in [5, 5.41) is 14.2.